The number of hydrogen-bond acceptors (Lipinski definition) is 6. The summed E-state index contributed by atoms with van der Waals surface area (Å²) in [6.07, 6.45) is 1.80. The number of methoxy groups -OCH3 is 1. The van der Waals surface area contributed by atoms with Gasteiger partial charge in [-0.1, -0.05) is 18.2 Å². The Hall–Kier alpha value is -3.63. The molecule has 2 aliphatic rings. The zero-order valence-corrected chi connectivity index (χ0v) is 15.6. The molecule has 0 radical (unpaired) electrons. The third kappa shape index (κ3) is 2.71. The molecule has 1 aromatic carbocycles. The predicted molar refractivity (Wildman–Crippen MR) is 100 cm³/mol. The first-order valence-corrected chi connectivity index (χ1v) is 8.84. The Morgan fingerprint density at radius 3 is 2.61 bits per heavy atom. The van der Waals surface area contributed by atoms with Gasteiger partial charge in [0, 0.05) is 31.8 Å². The third-order valence-electron chi connectivity index (χ3n) is 5.69. The monoisotopic (exact) mass is 373 g/mol. The van der Waals surface area contributed by atoms with Gasteiger partial charge in [-0.2, -0.15) is 15.8 Å². The van der Waals surface area contributed by atoms with Crippen LogP contribution >= 0.6 is 0 Å². The number of fused-ring (bicyclic) bond motifs is 1. The Kier molecular flexibility index (Phi) is 4.91. The summed E-state index contributed by atoms with van der Waals surface area (Å²) < 4.78 is 5.29. The van der Waals surface area contributed by atoms with E-state index < -0.39 is 23.2 Å². The highest BCUT2D eigenvalue weighted by molar-refractivity contribution is 6.01. The minimum absolute atomic E-state index is 0.117. The van der Waals surface area contributed by atoms with Crippen LogP contribution in [0.1, 0.15) is 18.4 Å². The molecule has 1 aliphatic carbocycles. The van der Waals surface area contributed by atoms with E-state index in [0.29, 0.717) is 30.0 Å². The Balaban J connectivity index is 2.26. The lowest BCUT2D eigenvalue weighted by Crippen LogP contribution is -2.53. The molecule has 3 rings (SSSR count). The number of carbonyl (C=O) groups is 1. The summed E-state index contributed by atoms with van der Waals surface area (Å²) in [6, 6.07) is 13.2. The molecule has 7 nitrogen and oxygen atoms in total. The molecule has 1 saturated carbocycles. The van der Waals surface area contributed by atoms with Gasteiger partial charge in [0.1, 0.15) is 11.7 Å². The summed E-state index contributed by atoms with van der Waals surface area (Å²) in [7, 11) is 1.53. The molecule has 0 bridgehead atoms. The van der Waals surface area contributed by atoms with Crippen molar-refractivity contribution >= 4 is 11.6 Å². The molecule has 3 atom stereocenters. The van der Waals surface area contributed by atoms with Crippen molar-refractivity contribution in [2.45, 2.75) is 12.8 Å². The third-order valence-corrected chi connectivity index (χ3v) is 5.69. The molecule has 1 unspecified atom stereocenters. The number of nitriles is 3. The van der Waals surface area contributed by atoms with E-state index in [0.717, 1.165) is 0 Å². The van der Waals surface area contributed by atoms with E-state index in [-0.39, 0.29) is 11.6 Å². The number of carbonyl (C=O) groups excluding carboxylic acids is 1. The van der Waals surface area contributed by atoms with Gasteiger partial charge in [-0.05, 0) is 23.3 Å². The highest BCUT2D eigenvalue weighted by atomic mass is 16.5. The molecule has 0 spiro atoms. The lowest BCUT2D eigenvalue weighted by atomic mass is 9.54. The van der Waals surface area contributed by atoms with Crippen molar-refractivity contribution in [1.82, 2.24) is 4.90 Å². The number of ether oxygens (including phenoxy) is 1. The fourth-order valence-corrected chi connectivity index (χ4v) is 4.28. The van der Waals surface area contributed by atoms with E-state index >= 15 is 0 Å². The summed E-state index contributed by atoms with van der Waals surface area (Å²) in [5.41, 5.74) is -0.621. The molecule has 1 fully saturated rings. The van der Waals surface area contributed by atoms with Crippen LogP contribution in [0.25, 0.3) is 0 Å². The number of benzene rings is 1. The molecule has 1 amide bonds. The maximum Gasteiger partial charge on any atom is 0.219 e. The molecule has 140 valence electrons. The lowest BCUT2D eigenvalue weighted by molar-refractivity contribution is -0.129. The van der Waals surface area contributed by atoms with Crippen molar-refractivity contribution in [3.05, 3.63) is 41.5 Å². The van der Waals surface area contributed by atoms with E-state index in [4.69, 9.17) is 10.1 Å². The summed E-state index contributed by atoms with van der Waals surface area (Å²) >= 11 is 0. The normalized spacial score (nSPS) is 25.4. The topological polar surface area (TPSA) is 125 Å². The van der Waals surface area contributed by atoms with Gasteiger partial charge in [0.2, 0.25) is 5.91 Å². The van der Waals surface area contributed by atoms with Crippen molar-refractivity contribution in [1.29, 1.82) is 21.2 Å². The van der Waals surface area contributed by atoms with Gasteiger partial charge in [0.25, 0.3) is 0 Å². The summed E-state index contributed by atoms with van der Waals surface area (Å²) in [6.45, 7) is 2.11. The number of rotatable bonds is 2. The average molecular weight is 373 g/mol. The standard InChI is InChI=1S/C21H19N5O2/c1-13(27)26-7-6-16-17(9-22)20(25)21(11-23,12-24)19(18(16)10-26)14-4-3-5-15(8-14)28-2/h3-6,8,17-19,25H,7,10H2,1-2H3/t17?,18-,19-/m1/s1. The Morgan fingerprint density at radius 2 is 2.04 bits per heavy atom. The summed E-state index contributed by atoms with van der Waals surface area (Å²) in [5.74, 6) is -1.60. The minimum Gasteiger partial charge on any atom is -0.497 e. The van der Waals surface area contributed by atoms with Crippen LogP contribution < -0.4 is 4.74 Å². The fraction of sp³-hybridized carbons (Fsp3) is 0.381. The molecular formula is C21H19N5O2. The van der Waals surface area contributed by atoms with Crippen LogP contribution in [0.15, 0.2) is 35.9 Å². The van der Waals surface area contributed by atoms with Crippen molar-refractivity contribution in [3.63, 3.8) is 0 Å². The maximum absolute atomic E-state index is 12.0. The quantitative estimate of drug-likeness (QED) is 0.797. The lowest BCUT2D eigenvalue weighted by Gasteiger charge is -2.47. The smallest absolute Gasteiger partial charge is 0.219 e. The van der Waals surface area contributed by atoms with Crippen LogP contribution in [0.4, 0.5) is 0 Å². The zero-order chi connectivity index (χ0) is 20.5. The second kappa shape index (κ2) is 7.18. The molecule has 7 heteroatoms. The molecule has 1 aromatic rings. The van der Waals surface area contributed by atoms with E-state index in [9.17, 15) is 20.6 Å². The van der Waals surface area contributed by atoms with Crippen molar-refractivity contribution < 1.29 is 9.53 Å². The van der Waals surface area contributed by atoms with Crippen LogP contribution in [0.2, 0.25) is 0 Å². The Morgan fingerprint density at radius 1 is 1.32 bits per heavy atom. The van der Waals surface area contributed by atoms with Gasteiger partial charge in [0.15, 0.2) is 5.41 Å². The number of hydrogen-bond donors (Lipinski definition) is 1. The average Bonchev–Trinajstić information content (AvgIpc) is 2.72. The highest BCUT2D eigenvalue weighted by Crippen LogP contribution is 2.53. The second-order valence-electron chi connectivity index (χ2n) is 7.00. The van der Waals surface area contributed by atoms with Gasteiger partial charge in [-0.25, -0.2) is 0 Å². The van der Waals surface area contributed by atoms with E-state index in [1.54, 1.807) is 35.2 Å². The van der Waals surface area contributed by atoms with Gasteiger partial charge >= 0.3 is 0 Å². The van der Waals surface area contributed by atoms with Crippen molar-refractivity contribution in [2.75, 3.05) is 20.2 Å². The van der Waals surface area contributed by atoms with E-state index in [2.05, 4.69) is 6.07 Å². The van der Waals surface area contributed by atoms with Gasteiger partial charge in [0.05, 0.1) is 31.0 Å². The van der Waals surface area contributed by atoms with Crippen molar-refractivity contribution in [3.8, 4) is 24.0 Å². The summed E-state index contributed by atoms with van der Waals surface area (Å²) in [5, 5.41) is 38.2. The maximum atomic E-state index is 12.0. The second-order valence-corrected chi connectivity index (χ2v) is 7.00. The van der Waals surface area contributed by atoms with E-state index in [1.165, 1.54) is 14.0 Å². The fourth-order valence-electron chi connectivity index (χ4n) is 4.28. The van der Waals surface area contributed by atoms with Crippen molar-refractivity contribution in [2.24, 2.45) is 17.3 Å². The molecule has 1 heterocycles. The molecule has 1 aliphatic heterocycles. The first-order valence-electron chi connectivity index (χ1n) is 8.84. The van der Waals surface area contributed by atoms with Crippen LogP contribution in [0.3, 0.4) is 0 Å². The molecule has 0 aromatic heterocycles. The number of nitrogens with one attached hydrogen (secondary N) is 1. The SMILES string of the molecule is COc1cccc([C@@H]2[C@@H]3CN(C(C)=O)CC=C3C(C#N)C(=N)C2(C#N)C#N)c1. The van der Waals surface area contributed by atoms with Crippen LogP contribution in [0, 0.1) is 56.7 Å². The zero-order valence-electron chi connectivity index (χ0n) is 15.6. The first kappa shape index (κ1) is 19.1. The first-order chi connectivity index (χ1) is 13.4. The number of nitrogens with zero attached hydrogens (tertiary/aromatic N) is 4. The Bertz CT molecular complexity index is 977. The highest BCUT2D eigenvalue weighted by Gasteiger charge is 2.57. The van der Waals surface area contributed by atoms with E-state index in [1.807, 2.05) is 12.1 Å². The van der Waals surface area contributed by atoms with Gasteiger partial charge < -0.3 is 15.0 Å². The molecule has 1 N–H and O–H groups in total. The molecule has 0 saturated heterocycles. The van der Waals surface area contributed by atoms with Crippen LogP contribution in [-0.4, -0.2) is 36.7 Å². The summed E-state index contributed by atoms with van der Waals surface area (Å²) in [4.78, 5) is 13.6. The minimum atomic E-state index is -1.80. The number of amides is 1. The van der Waals surface area contributed by atoms with Crippen LogP contribution in [0.5, 0.6) is 5.75 Å². The Labute approximate surface area is 163 Å². The largest absolute Gasteiger partial charge is 0.497 e. The van der Waals surface area contributed by atoms with Gasteiger partial charge in [-0.15, -0.1) is 0 Å². The molecular weight excluding hydrogens is 354 g/mol. The van der Waals surface area contributed by atoms with Gasteiger partial charge in [-0.3, -0.25) is 4.79 Å². The van der Waals surface area contributed by atoms with Crippen LogP contribution in [-0.2, 0) is 4.79 Å². The molecule has 28 heavy (non-hydrogen) atoms. The predicted octanol–water partition coefficient (Wildman–Crippen LogP) is 2.39.